The number of imidazole rings is 1. The largest absolute Gasteiger partial charge is 0.370 e. The smallest absolute Gasteiger partial charge is 0.106 e. The van der Waals surface area contributed by atoms with Crippen LogP contribution in [0, 0.1) is 6.92 Å². The Bertz CT molecular complexity index is 529. The zero-order valence-electron chi connectivity index (χ0n) is 10.9. The third-order valence-electron chi connectivity index (χ3n) is 3.73. The van der Waals surface area contributed by atoms with Gasteiger partial charge in [0, 0.05) is 0 Å². The summed E-state index contributed by atoms with van der Waals surface area (Å²) >= 11 is 0. The summed E-state index contributed by atoms with van der Waals surface area (Å²) in [5, 5.41) is 0. The van der Waals surface area contributed by atoms with Crippen molar-refractivity contribution in [2.75, 3.05) is 32.8 Å². The van der Waals surface area contributed by atoms with Gasteiger partial charge in [0.15, 0.2) is 0 Å². The number of rotatable bonds is 3. The van der Waals surface area contributed by atoms with Gasteiger partial charge in [0.25, 0.3) is 0 Å². The van der Waals surface area contributed by atoms with E-state index in [1.807, 2.05) is 6.07 Å². The molecule has 0 unspecified atom stereocenters. The molecule has 2 heterocycles. The van der Waals surface area contributed by atoms with Crippen molar-refractivity contribution in [3.8, 4) is 0 Å². The molecular weight excluding hydrogens is 226 g/mol. The van der Waals surface area contributed by atoms with E-state index in [-0.39, 0.29) is 0 Å². The molecule has 0 radical (unpaired) electrons. The molecule has 1 fully saturated rings. The molecule has 18 heavy (non-hydrogen) atoms. The minimum Gasteiger partial charge on any atom is -0.370 e. The van der Waals surface area contributed by atoms with E-state index in [9.17, 15) is 0 Å². The lowest BCUT2D eigenvalue weighted by Gasteiger charge is -2.24. The lowest BCUT2D eigenvalue weighted by Crippen LogP contribution is -3.14. The Morgan fingerprint density at radius 2 is 2.06 bits per heavy atom. The summed E-state index contributed by atoms with van der Waals surface area (Å²) in [5.74, 6) is 1.11. The average Bonchev–Trinajstić information content (AvgIpc) is 2.73. The summed E-state index contributed by atoms with van der Waals surface area (Å²) in [6.45, 7) is 8.36. The maximum atomic E-state index is 5.39. The van der Waals surface area contributed by atoms with Crippen molar-refractivity contribution < 1.29 is 9.64 Å². The van der Waals surface area contributed by atoms with E-state index >= 15 is 0 Å². The summed E-state index contributed by atoms with van der Waals surface area (Å²) in [5.41, 5.74) is 2.36. The third kappa shape index (κ3) is 2.26. The van der Waals surface area contributed by atoms with E-state index in [4.69, 9.17) is 4.74 Å². The van der Waals surface area contributed by atoms with Gasteiger partial charge >= 0.3 is 0 Å². The number of fused-ring (bicyclic) bond motifs is 1. The first kappa shape index (κ1) is 11.7. The molecule has 1 aliphatic heterocycles. The standard InChI is InChI=1S/C14H19N3O/c1-12-15-13-4-2-3-5-14(13)17(12)7-6-16-8-10-18-11-9-16/h2-5H,6-11H2,1H3/p+1. The Kier molecular flexibility index (Phi) is 3.30. The first-order valence-electron chi connectivity index (χ1n) is 6.68. The van der Waals surface area contributed by atoms with Gasteiger partial charge in [-0.25, -0.2) is 4.98 Å². The number of aromatic nitrogens is 2. The molecule has 4 nitrogen and oxygen atoms in total. The van der Waals surface area contributed by atoms with Gasteiger partial charge in [0.05, 0.1) is 37.3 Å². The molecule has 0 amide bonds. The maximum Gasteiger partial charge on any atom is 0.106 e. The fourth-order valence-electron chi connectivity index (χ4n) is 2.66. The molecule has 0 atom stereocenters. The second-order valence-electron chi connectivity index (χ2n) is 4.91. The number of nitrogens with zero attached hydrogens (tertiary/aromatic N) is 2. The second kappa shape index (κ2) is 5.08. The van der Waals surface area contributed by atoms with Gasteiger partial charge in [-0.3, -0.25) is 0 Å². The Balaban J connectivity index is 1.75. The Hall–Kier alpha value is -1.39. The number of nitrogens with one attached hydrogen (secondary N) is 1. The van der Waals surface area contributed by atoms with Crippen LogP contribution in [0.15, 0.2) is 24.3 Å². The van der Waals surface area contributed by atoms with Crippen LogP contribution in [0.2, 0.25) is 0 Å². The molecule has 96 valence electrons. The number of quaternary nitrogens is 1. The molecule has 1 aromatic heterocycles. The molecular formula is C14H20N3O+. The van der Waals surface area contributed by atoms with E-state index in [1.165, 1.54) is 5.52 Å². The molecule has 0 bridgehead atoms. The van der Waals surface area contributed by atoms with E-state index < -0.39 is 0 Å². The third-order valence-corrected chi connectivity index (χ3v) is 3.73. The SMILES string of the molecule is Cc1nc2ccccc2n1CC[NH+]1CCOCC1. The van der Waals surface area contributed by atoms with E-state index in [2.05, 4.69) is 34.7 Å². The predicted molar refractivity (Wildman–Crippen MR) is 70.9 cm³/mol. The Morgan fingerprint density at radius 3 is 2.89 bits per heavy atom. The first-order valence-corrected chi connectivity index (χ1v) is 6.68. The molecule has 1 aromatic carbocycles. The highest BCUT2D eigenvalue weighted by Gasteiger charge is 2.14. The van der Waals surface area contributed by atoms with Gasteiger partial charge in [0.1, 0.15) is 18.9 Å². The number of hydrogen-bond donors (Lipinski definition) is 1. The van der Waals surface area contributed by atoms with Crippen LogP contribution in [0.25, 0.3) is 11.0 Å². The molecule has 0 aliphatic carbocycles. The number of morpholine rings is 1. The quantitative estimate of drug-likeness (QED) is 0.842. The van der Waals surface area contributed by atoms with Crippen molar-refractivity contribution in [2.24, 2.45) is 0 Å². The van der Waals surface area contributed by atoms with Gasteiger partial charge in [0.2, 0.25) is 0 Å². The predicted octanol–water partition coefficient (Wildman–Crippen LogP) is 0.260. The van der Waals surface area contributed by atoms with Crippen LogP contribution in [-0.2, 0) is 11.3 Å². The first-order chi connectivity index (χ1) is 8.84. The van der Waals surface area contributed by atoms with Crippen molar-refractivity contribution in [1.29, 1.82) is 0 Å². The number of aryl methyl sites for hydroxylation is 1. The highest BCUT2D eigenvalue weighted by Crippen LogP contribution is 2.14. The van der Waals surface area contributed by atoms with Crippen LogP contribution in [0.5, 0.6) is 0 Å². The highest BCUT2D eigenvalue weighted by atomic mass is 16.5. The molecule has 3 rings (SSSR count). The summed E-state index contributed by atoms with van der Waals surface area (Å²) in [6.07, 6.45) is 0. The van der Waals surface area contributed by atoms with Gasteiger partial charge in [-0.05, 0) is 19.1 Å². The van der Waals surface area contributed by atoms with Crippen molar-refractivity contribution in [2.45, 2.75) is 13.5 Å². The number of hydrogen-bond acceptors (Lipinski definition) is 2. The van der Waals surface area contributed by atoms with Crippen LogP contribution >= 0.6 is 0 Å². The number of para-hydroxylation sites is 2. The highest BCUT2D eigenvalue weighted by molar-refractivity contribution is 5.75. The lowest BCUT2D eigenvalue weighted by molar-refractivity contribution is -0.908. The Labute approximate surface area is 107 Å². The van der Waals surface area contributed by atoms with Crippen LogP contribution in [0.4, 0.5) is 0 Å². The minimum atomic E-state index is 0.902. The monoisotopic (exact) mass is 246 g/mol. The topological polar surface area (TPSA) is 31.5 Å². The van der Waals surface area contributed by atoms with Gasteiger partial charge in [-0.2, -0.15) is 0 Å². The molecule has 1 N–H and O–H groups in total. The number of benzene rings is 1. The molecule has 1 aliphatic rings. The minimum absolute atomic E-state index is 0.902. The van der Waals surface area contributed by atoms with Crippen molar-refractivity contribution in [3.05, 3.63) is 30.1 Å². The molecule has 1 saturated heterocycles. The zero-order chi connectivity index (χ0) is 12.4. The van der Waals surface area contributed by atoms with Crippen LogP contribution in [-0.4, -0.2) is 42.4 Å². The van der Waals surface area contributed by atoms with E-state index in [0.29, 0.717) is 0 Å². The van der Waals surface area contributed by atoms with Gasteiger partial charge in [-0.1, -0.05) is 12.1 Å². The molecule has 4 heteroatoms. The Morgan fingerprint density at radius 1 is 1.28 bits per heavy atom. The fraction of sp³-hybridized carbons (Fsp3) is 0.500. The molecule has 0 saturated carbocycles. The average molecular weight is 246 g/mol. The fourth-order valence-corrected chi connectivity index (χ4v) is 2.66. The molecule has 0 spiro atoms. The summed E-state index contributed by atoms with van der Waals surface area (Å²) in [6, 6.07) is 8.37. The van der Waals surface area contributed by atoms with Gasteiger partial charge in [-0.15, -0.1) is 0 Å². The summed E-state index contributed by atoms with van der Waals surface area (Å²) < 4.78 is 7.72. The number of ether oxygens (including phenoxy) is 1. The summed E-state index contributed by atoms with van der Waals surface area (Å²) in [4.78, 5) is 6.24. The second-order valence-corrected chi connectivity index (χ2v) is 4.91. The van der Waals surface area contributed by atoms with Crippen molar-refractivity contribution >= 4 is 11.0 Å². The maximum absolute atomic E-state index is 5.39. The van der Waals surface area contributed by atoms with E-state index in [1.54, 1.807) is 4.90 Å². The van der Waals surface area contributed by atoms with Crippen LogP contribution in [0.1, 0.15) is 5.82 Å². The van der Waals surface area contributed by atoms with Crippen molar-refractivity contribution in [3.63, 3.8) is 0 Å². The molecule has 2 aromatic rings. The van der Waals surface area contributed by atoms with Gasteiger partial charge < -0.3 is 14.2 Å². The zero-order valence-corrected chi connectivity index (χ0v) is 10.9. The van der Waals surface area contributed by atoms with Crippen LogP contribution < -0.4 is 4.90 Å². The van der Waals surface area contributed by atoms with Crippen LogP contribution in [0.3, 0.4) is 0 Å². The van der Waals surface area contributed by atoms with E-state index in [0.717, 1.165) is 50.7 Å². The normalized spacial score (nSPS) is 17.4. The summed E-state index contributed by atoms with van der Waals surface area (Å²) in [7, 11) is 0. The van der Waals surface area contributed by atoms with Crippen molar-refractivity contribution in [1.82, 2.24) is 9.55 Å². The lowest BCUT2D eigenvalue weighted by atomic mass is 10.3.